The van der Waals surface area contributed by atoms with Crippen molar-refractivity contribution in [3.63, 3.8) is 0 Å². The number of hydrogen-bond acceptors (Lipinski definition) is 5. The van der Waals surface area contributed by atoms with Gasteiger partial charge in [-0.1, -0.05) is 36.4 Å². The average Bonchev–Trinajstić information content (AvgIpc) is 3.02. The number of pyridine rings is 1. The molecular weight excluding hydrogens is 370 g/mol. The minimum atomic E-state index is -0.581. The lowest BCUT2D eigenvalue weighted by molar-refractivity contribution is -0.136. The van der Waals surface area contributed by atoms with E-state index in [1.54, 1.807) is 6.20 Å². The fraction of sp³-hybridized carbons (Fsp3) is 0.409. The number of amides is 2. The maximum Gasteiger partial charge on any atom is 0.407 e. The Morgan fingerprint density at radius 3 is 2.45 bits per heavy atom. The Kier molecular flexibility index (Phi) is 5.93. The van der Waals surface area contributed by atoms with Crippen LogP contribution in [0.15, 0.2) is 54.7 Å². The molecule has 152 valence electrons. The topological polar surface area (TPSA) is 80.8 Å². The molecule has 2 bridgehead atoms. The average molecular weight is 395 g/mol. The smallest absolute Gasteiger partial charge is 0.407 e. The number of hydrogen-bond donors (Lipinski definition) is 1. The van der Waals surface area contributed by atoms with E-state index in [1.165, 1.54) is 0 Å². The van der Waals surface area contributed by atoms with Gasteiger partial charge in [-0.25, -0.2) is 9.78 Å². The number of alkyl carbamates (subject to hydrolysis) is 1. The molecule has 3 heterocycles. The maximum absolute atomic E-state index is 12.7. The zero-order valence-corrected chi connectivity index (χ0v) is 16.2. The first-order valence-electron chi connectivity index (χ1n) is 10.0. The fourth-order valence-corrected chi connectivity index (χ4v) is 4.23. The van der Waals surface area contributed by atoms with Crippen LogP contribution in [-0.2, 0) is 16.1 Å². The van der Waals surface area contributed by atoms with E-state index in [0.29, 0.717) is 5.88 Å². The van der Waals surface area contributed by atoms with Gasteiger partial charge in [0.05, 0.1) is 0 Å². The zero-order chi connectivity index (χ0) is 20.1. The summed E-state index contributed by atoms with van der Waals surface area (Å²) in [4.78, 5) is 30.8. The van der Waals surface area contributed by atoms with Gasteiger partial charge in [0.25, 0.3) is 0 Å². The van der Waals surface area contributed by atoms with Gasteiger partial charge in [-0.2, -0.15) is 0 Å². The van der Waals surface area contributed by atoms with Crippen molar-refractivity contribution in [3.8, 4) is 5.88 Å². The predicted octanol–water partition coefficient (Wildman–Crippen LogP) is 2.91. The molecular formula is C22H25N3O4. The summed E-state index contributed by atoms with van der Waals surface area (Å²) >= 11 is 0. The number of aromatic nitrogens is 1. The molecule has 2 aliphatic heterocycles. The highest BCUT2D eigenvalue weighted by atomic mass is 16.5. The summed E-state index contributed by atoms with van der Waals surface area (Å²) < 4.78 is 11.2. The number of carbonyl (C=O) groups is 2. The first-order chi connectivity index (χ1) is 14.2. The molecule has 2 saturated heterocycles. The number of ether oxygens (including phenoxy) is 2. The fourth-order valence-electron chi connectivity index (χ4n) is 4.23. The normalized spacial score (nSPS) is 22.8. The van der Waals surface area contributed by atoms with E-state index < -0.39 is 6.09 Å². The van der Waals surface area contributed by atoms with E-state index in [9.17, 15) is 9.59 Å². The van der Waals surface area contributed by atoms with Crippen LogP contribution < -0.4 is 10.1 Å². The third-order valence-electron chi connectivity index (χ3n) is 5.50. The lowest BCUT2D eigenvalue weighted by atomic mass is 9.99. The van der Waals surface area contributed by atoms with Gasteiger partial charge in [-0.3, -0.25) is 4.79 Å². The van der Waals surface area contributed by atoms with E-state index in [2.05, 4.69) is 10.3 Å². The largest absolute Gasteiger partial charge is 0.474 e. The molecule has 1 N–H and O–H groups in total. The Balaban J connectivity index is 1.24. The summed E-state index contributed by atoms with van der Waals surface area (Å²) in [5.41, 5.74) is 0.905. The Labute approximate surface area is 170 Å². The molecule has 2 atom stereocenters. The molecule has 7 heteroatoms. The monoisotopic (exact) mass is 395 g/mol. The molecule has 2 aromatic rings. The van der Waals surface area contributed by atoms with Crippen LogP contribution >= 0.6 is 0 Å². The minimum Gasteiger partial charge on any atom is -0.474 e. The van der Waals surface area contributed by atoms with Crippen molar-refractivity contribution in [2.45, 2.75) is 50.5 Å². The second kappa shape index (κ2) is 8.94. The van der Waals surface area contributed by atoms with E-state index >= 15 is 0 Å². The van der Waals surface area contributed by atoms with Crippen molar-refractivity contribution < 1.29 is 19.1 Å². The third-order valence-corrected chi connectivity index (χ3v) is 5.50. The second-order valence-electron chi connectivity index (χ2n) is 7.48. The van der Waals surface area contributed by atoms with Crippen molar-refractivity contribution in [1.29, 1.82) is 0 Å². The highest BCUT2D eigenvalue weighted by molar-refractivity contribution is 5.83. The summed E-state index contributed by atoms with van der Waals surface area (Å²) in [5, 5.41) is 2.58. The van der Waals surface area contributed by atoms with Crippen LogP contribution in [0.2, 0.25) is 0 Å². The molecule has 7 nitrogen and oxygen atoms in total. The number of nitrogens with one attached hydrogen (secondary N) is 1. The first kappa shape index (κ1) is 19.2. The van der Waals surface area contributed by atoms with Gasteiger partial charge in [0.1, 0.15) is 19.3 Å². The molecule has 4 rings (SSSR count). The van der Waals surface area contributed by atoms with E-state index in [4.69, 9.17) is 9.47 Å². The maximum atomic E-state index is 12.7. The van der Waals surface area contributed by atoms with Gasteiger partial charge >= 0.3 is 6.09 Å². The SMILES string of the molecule is O=C(NCC(=O)N1C2CCC1CC(Oc1ccccn1)C2)OCc1ccccc1. The highest BCUT2D eigenvalue weighted by Gasteiger charge is 2.43. The Morgan fingerprint density at radius 1 is 1.03 bits per heavy atom. The molecule has 0 radical (unpaired) electrons. The van der Waals surface area contributed by atoms with E-state index in [0.717, 1.165) is 31.2 Å². The van der Waals surface area contributed by atoms with Crippen LogP contribution in [0.3, 0.4) is 0 Å². The number of rotatable bonds is 6. The van der Waals surface area contributed by atoms with Crippen molar-refractivity contribution in [3.05, 3.63) is 60.3 Å². The Morgan fingerprint density at radius 2 is 1.76 bits per heavy atom. The molecule has 1 aromatic heterocycles. The van der Waals surface area contributed by atoms with Gasteiger partial charge in [-0.05, 0) is 24.5 Å². The highest BCUT2D eigenvalue weighted by Crippen LogP contribution is 2.37. The number of piperidine rings is 1. The van der Waals surface area contributed by atoms with Crippen LogP contribution in [0.1, 0.15) is 31.2 Å². The number of fused-ring (bicyclic) bond motifs is 2. The van der Waals surface area contributed by atoms with Gasteiger partial charge in [0.2, 0.25) is 11.8 Å². The molecule has 2 fully saturated rings. The van der Waals surface area contributed by atoms with Crippen LogP contribution in [-0.4, -0.2) is 46.6 Å². The minimum absolute atomic E-state index is 0.0492. The summed E-state index contributed by atoms with van der Waals surface area (Å²) in [6.45, 7) is 0.134. The van der Waals surface area contributed by atoms with Crippen molar-refractivity contribution in [2.75, 3.05) is 6.54 Å². The molecule has 0 spiro atoms. The standard InChI is InChI=1S/C22H25N3O4/c26-21(14-24-22(27)28-15-16-6-2-1-3-7-16)25-17-9-10-18(25)13-19(12-17)29-20-8-4-5-11-23-20/h1-8,11,17-19H,9-10,12-15H2,(H,24,27). The zero-order valence-electron chi connectivity index (χ0n) is 16.2. The third kappa shape index (κ3) is 4.85. The lowest BCUT2D eigenvalue weighted by Gasteiger charge is -2.38. The first-order valence-corrected chi connectivity index (χ1v) is 10.0. The molecule has 1 aromatic carbocycles. The van der Waals surface area contributed by atoms with Crippen molar-refractivity contribution in [2.24, 2.45) is 0 Å². The predicted molar refractivity (Wildman–Crippen MR) is 106 cm³/mol. The molecule has 2 amide bonds. The lowest BCUT2D eigenvalue weighted by Crippen LogP contribution is -2.52. The van der Waals surface area contributed by atoms with Gasteiger partial charge in [0.15, 0.2) is 0 Å². The second-order valence-corrected chi connectivity index (χ2v) is 7.48. The van der Waals surface area contributed by atoms with Crippen LogP contribution in [0.5, 0.6) is 5.88 Å². The molecule has 29 heavy (non-hydrogen) atoms. The van der Waals surface area contributed by atoms with Crippen molar-refractivity contribution in [1.82, 2.24) is 15.2 Å². The summed E-state index contributed by atoms with van der Waals surface area (Å²) in [5.74, 6) is 0.560. The van der Waals surface area contributed by atoms with E-state index in [-0.39, 0.29) is 37.2 Å². The Hall–Kier alpha value is -3.09. The molecule has 2 unspecified atom stereocenters. The van der Waals surface area contributed by atoms with Crippen molar-refractivity contribution >= 4 is 12.0 Å². The number of benzene rings is 1. The summed E-state index contributed by atoms with van der Waals surface area (Å²) in [6, 6.07) is 15.3. The summed E-state index contributed by atoms with van der Waals surface area (Å²) in [6.07, 6.45) is 4.71. The number of carbonyl (C=O) groups excluding carboxylic acids is 2. The van der Waals surface area contributed by atoms with Gasteiger partial charge < -0.3 is 19.7 Å². The van der Waals surface area contributed by atoms with E-state index in [1.807, 2.05) is 53.4 Å². The van der Waals surface area contributed by atoms with Crippen LogP contribution in [0.25, 0.3) is 0 Å². The molecule has 0 aliphatic carbocycles. The van der Waals surface area contributed by atoms with Gasteiger partial charge in [-0.15, -0.1) is 0 Å². The van der Waals surface area contributed by atoms with Crippen LogP contribution in [0, 0.1) is 0 Å². The Bertz CT molecular complexity index is 816. The summed E-state index contributed by atoms with van der Waals surface area (Å²) in [7, 11) is 0. The molecule has 0 saturated carbocycles. The van der Waals surface area contributed by atoms with Crippen LogP contribution in [0.4, 0.5) is 4.79 Å². The molecule has 2 aliphatic rings. The quantitative estimate of drug-likeness (QED) is 0.813. The number of nitrogens with zero attached hydrogens (tertiary/aromatic N) is 2. The van der Waals surface area contributed by atoms with Gasteiger partial charge in [0, 0.05) is 37.2 Å².